The molecule has 2 bridgehead atoms. The lowest BCUT2D eigenvalue weighted by molar-refractivity contribution is -0.127. The first-order valence-electron chi connectivity index (χ1n) is 9.53. The van der Waals surface area contributed by atoms with Crippen LogP contribution in [0.1, 0.15) is 44.6 Å². The molecule has 138 valence electrons. The zero-order chi connectivity index (χ0) is 17.8. The molecule has 1 aromatic carbocycles. The minimum atomic E-state index is 0.126. The number of nitrogens with one attached hydrogen (secondary N) is 1. The molecule has 2 atom stereocenters. The fourth-order valence-corrected chi connectivity index (χ4v) is 4.70. The standard InChI is InChI=1S/C20H29ClN2O2/c1-2-25-18-7-6-17(21)12-13(18)8-9-23-20(24)16-10-14-4-3-5-15(11-16)19(14)22/h6-7,12,14-16,19H,2-5,8-11,22H2,1H3,(H,23,24). The molecule has 3 N–H and O–H groups in total. The van der Waals surface area contributed by atoms with E-state index in [0.717, 1.165) is 30.6 Å². The van der Waals surface area contributed by atoms with Crippen molar-refractivity contribution in [3.8, 4) is 5.75 Å². The molecule has 1 aromatic rings. The maximum Gasteiger partial charge on any atom is 0.223 e. The lowest BCUT2D eigenvalue weighted by Crippen LogP contribution is -2.49. The molecule has 25 heavy (non-hydrogen) atoms. The molecule has 2 aliphatic rings. The van der Waals surface area contributed by atoms with Gasteiger partial charge in [0.1, 0.15) is 5.75 Å². The van der Waals surface area contributed by atoms with Gasteiger partial charge in [-0.25, -0.2) is 0 Å². The molecule has 0 radical (unpaired) electrons. The number of fused-ring (bicyclic) bond motifs is 2. The molecular weight excluding hydrogens is 336 g/mol. The van der Waals surface area contributed by atoms with Gasteiger partial charge in [0, 0.05) is 23.5 Å². The highest BCUT2D eigenvalue weighted by molar-refractivity contribution is 6.30. The highest BCUT2D eigenvalue weighted by atomic mass is 35.5. The second-order valence-electron chi connectivity index (χ2n) is 7.42. The molecule has 0 spiro atoms. The predicted octanol–water partition coefficient (Wildman–Crippen LogP) is 3.55. The van der Waals surface area contributed by atoms with Crippen LogP contribution in [0.5, 0.6) is 5.75 Å². The lowest BCUT2D eigenvalue weighted by Gasteiger charge is -2.43. The zero-order valence-electron chi connectivity index (χ0n) is 15.0. The van der Waals surface area contributed by atoms with Gasteiger partial charge < -0.3 is 15.8 Å². The van der Waals surface area contributed by atoms with Gasteiger partial charge in [0.25, 0.3) is 0 Å². The summed E-state index contributed by atoms with van der Waals surface area (Å²) in [5.41, 5.74) is 7.36. The first-order valence-corrected chi connectivity index (χ1v) is 9.90. The Balaban J connectivity index is 1.52. The number of halogens is 1. The average molecular weight is 365 g/mol. The topological polar surface area (TPSA) is 64.3 Å². The van der Waals surface area contributed by atoms with E-state index in [-0.39, 0.29) is 11.8 Å². The predicted molar refractivity (Wildman–Crippen MR) is 101 cm³/mol. The molecule has 1 amide bonds. The zero-order valence-corrected chi connectivity index (χ0v) is 15.7. The summed E-state index contributed by atoms with van der Waals surface area (Å²) in [7, 11) is 0. The molecule has 0 heterocycles. The van der Waals surface area contributed by atoms with Gasteiger partial charge >= 0.3 is 0 Å². The van der Waals surface area contributed by atoms with E-state index in [9.17, 15) is 4.79 Å². The number of hydrogen-bond donors (Lipinski definition) is 2. The van der Waals surface area contributed by atoms with E-state index in [4.69, 9.17) is 22.1 Å². The Hall–Kier alpha value is -1.26. The number of amides is 1. The van der Waals surface area contributed by atoms with Crippen molar-refractivity contribution in [1.29, 1.82) is 0 Å². The number of carbonyl (C=O) groups is 1. The van der Waals surface area contributed by atoms with Crippen molar-refractivity contribution >= 4 is 17.5 Å². The van der Waals surface area contributed by atoms with Crippen LogP contribution in [-0.4, -0.2) is 25.1 Å². The molecule has 0 aromatic heterocycles. The Labute approximate surface area is 155 Å². The van der Waals surface area contributed by atoms with Gasteiger partial charge in [-0.15, -0.1) is 0 Å². The molecule has 0 aliphatic heterocycles. The first-order chi connectivity index (χ1) is 12.1. The van der Waals surface area contributed by atoms with Crippen LogP contribution in [0.15, 0.2) is 18.2 Å². The summed E-state index contributed by atoms with van der Waals surface area (Å²) < 4.78 is 5.64. The normalized spacial score (nSPS) is 28.4. The van der Waals surface area contributed by atoms with Crippen LogP contribution in [0.2, 0.25) is 5.02 Å². The van der Waals surface area contributed by atoms with Crippen LogP contribution >= 0.6 is 11.6 Å². The fraction of sp³-hybridized carbons (Fsp3) is 0.650. The Morgan fingerprint density at radius 1 is 1.32 bits per heavy atom. The van der Waals surface area contributed by atoms with Crippen LogP contribution in [0.25, 0.3) is 0 Å². The third kappa shape index (κ3) is 4.48. The number of rotatable bonds is 6. The Kier molecular flexibility index (Phi) is 6.24. The molecule has 3 rings (SSSR count). The van der Waals surface area contributed by atoms with Gasteiger partial charge in [0.2, 0.25) is 5.91 Å². The van der Waals surface area contributed by atoms with Crippen LogP contribution in [0.3, 0.4) is 0 Å². The van der Waals surface area contributed by atoms with E-state index in [2.05, 4.69) is 5.32 Å². The van der Waals surface area contributed by atoms with Gasteiger partial charge in [-0.05, 0) is 74.6 Å². The molecule has 0 saturated heterocycles. The highest BCUT2D eigenvalue weighted by Gasteiger charge is 2.40. The van der Waals surface area contributed by atoms with Gasteiger partial charge in [-0.1, -0.05) is 18.0 Å². The van der Waals surface area contributed by atoms with E-state index in [1.165, 1.54) is 19.3 Å². The summed E-state index contributed by atoms with van der Waals surface area (Å²) >= 11 is 6.09. The van der Waals surface area contributed by atoms with E-state index in [0.29, 0.717) is 36.1 Å². The summed E-state index contributed by atoms with van der Waals surface area (Å²) in [6.45, 7) is 3.19. The van der Waals surface area contributed by atoms with Crippen LogP contribution in [0.4, 0.5) is 0 Å². The summed E-state index contributed by atoms with van der Waals surface area (Å²) in [4.78, 5) is 12.6. The van der Waals surface area contributed by atoms with Crippen LogP contribution < -0.4 is 15.8 Å². The third-order valence-electron chi connectivity index (χ3n) is 5.80. The lowest BCUT2D eigenvalue weighted by atomic mass is 9.65. The fourth-order valence-electron chi connectivity index (χ4n) is 4.51. The molecular formula is C20H29ClN2O2. The van der Waals surface area contributed by atoms with Crippen molar-refractivity contribution in [3.05, 3.63) is 28.8 Å². The summed E-state index contributed by atoms with van der Waals surface area (Å²) in [5, 5.41) is 3.81. The maximum atomic E-state index is 12.6. The van der Waals surface area contributed by atoms with E-state index < -0.39 is 0 Å². The summed E-state index contributed by atoms with van der Waals surface area (Å²) in [6, 6.07) is 5.95. The Bertz CT molecular complexity index is 593. The van der Waals surface area contributed by atoms with Gasteiger partial charge in [0.05, 0.1) is 6.61 Å². The summed E-state index contributed by atoms with van der Waals surface area (Å²) in [6.07, 6.45) is 6.26. The average Bonchev–Trinajstić information content (AvgIpc) is 2.57. The molecule has 2 unspecified atom stereocenters. The van der Waals surface area contributed by atoms with Gasteiger partial charge in [0.15, 0.2) is 0 Å². The van der Waals surface area contributed by atoms with E-state index >= 15 is 0 Å². The van der Waals surface area contributed by atoms with Crippen LogP contribution in [-0.2, 0) is 11.2 Å². The third-order valence-corrected chi connectivity index (χ3v) is 6.03. The molecule has 2 aliphatic carbocycles. The van der Waals surface area contributed by atoms with Crippen molar-refractivity contribution in [2.24, 2.45) is 23.5 Å². The van der Waals surface area contributed by atoms with Gasteiger partial charge in [-0.2, -0.15) is 0 Å². The minimum Gasteiger partial charge on any atom is -0.494 e. The van der Waals surface area contributed by atoms with E-state index in [1.807, 2.05) is 25.1 Å². The van der Waals surface area contributed by atoms with Crippen molar-refractivity contribution in [3.63, 3.8) is 0 Å². The quantitative estimate of drug-likeness (QED) is 0.811. The van der Waals surface area contributed by atoms with Crippen molar-refractivity contribution in [2.75, 3.05) is 13.2 Å². The molecule has 4 nitrogen and oxygen atoms in total. The highest BCUT2D eigenvalue weighted by Crippen LogP contribution is 2.41. The number of benzene rings is 1. The number of ether oxygens (including phenoxy) is 1. The molecule has 2 fully saturated rings. The van der Waals surface area contributed by atoms with E-state index in [1.54, 1.807) is 0 Å². The Morgan fingerprint density at radius 3 is 2.72 bits per heavy atom. The van der Waals surface area contributed by atoms with Crippen molar-refractivity contribution in [2.45, 2.75) is 51.5 Å². The van der Waals surface area contributed by atoms with Crippen LogP contribution in [0, 0.1) is 17.8 Å². The van der Waals surface area contributed by atoms with Gasteiger partial charge in [-0.3, -0.25) is 4.79 Å². The molecule has 5 heteroatoms. The molecule has 2 saturated carbocycles. The number of hydrogen-bond acceptors (Lipinski definition) is 3. The largest absolute Gasteiger partial charge is 0.494 e. The smallest absolute Gasteiger partial charge is 0.223 e. The number of carbonyl (C=O) groups excluding carboxylic acids is 1. The first kappa shape index (κ1) is 18.5. The van der Waals surface area contributed by atoms with Crippen molar-refractivity contribution < 1.29 is 9.53 Å². The second kappa shape index (κ2) is 8.41. The second-order valence-corrected chi connectivity index (χ2v) is 7.86. The Morgan fingerprint density at radius 2 is 2.04 bits per heavy atom. The maximum absolute atomic E-state index is 12.6. The minimum absolute atomic E-state index is 0.126. The summed E-state index contributed by atoms with van der Waals surface area (Å²) in [5.74, 6) is 2.21. The monoisotopic (exact) mass is 364 g/mol. The SMILES string of the molecule is CCOc1ccc(Cl)cc1CCNC(=O)C1CC2CCCC(C1)C2N. The number of nitrogens with two attached hydrogens (primary N) is 1. The van der Waals surface area contributed by atoms with Crippen molar-refractivity contribution in [1.82, 2.24) is 5.32 Å².